The number of carbonyl (C=O) groups excluding carboxylic acids is 3. The van der Waals surface area contributed by atoms with Crippen molar-refractivity contribution in [3.05, 3.63) is 12.7 Å². The molecule has 6 nitrogen and oxygen atoms in total. The first-order valence-corrected chi connectivity index (χ1v) is 14.9. The predicted octanol–water partition coefficient (Wildman–Crippen LogP) is 7.72. The maximum absolute atomic E-state index is 13.1. The van der Waals surface area contributed by atoms with Gasteiger partial charge in [0.1, 0.15) is 0 Å². The van der Waals surface area contributed by atoms with Crippen LogP contribution in [0.4, 0.5) is 0 Å². The van der Waals surface area contributed by atoms with Crippen molar-refractivity contribution < 1.29 is 28.6 Å². The van der Waals surface area contributed by atoms with Crippen molar-refractivity contribution in [2.45, 2.75) is 136 Å². The lowest BCUT2D eigenvalue weighted by Crippen LogP contribution is -2.49. The molecule has 1 aliphatic rings. The van der Waals surface area contributed by atoms with Crippen molar-refractivity contribution in [1.82, 2.24) is 0 Å². The van der Waals surface area contributed by atoms with E-state index >= 15 is 0 Å². The highest BCUT2D eigenvalue weighted by Crippen LogP contribution is 2.37. The summed E-state index contributed by atoms with van der Waals surface area (Å²) in [5, 5.41) is 0. The zero-order valence-corrected chi connectivity index (χ0v) is 24.2. The van der Waals surface area contributed by atoms with Gasteiger partial charge in [-0.25, -0.2) is 9.59 Å². The molecule has 0 aromatic rings. The van der Waals surface area contributed by atoms with Gasteiger partial charge in [-0.2, -0.15) is 0 Å². The second-order valence-electron chi connectivity index (χ2n) is 11.6. The number of unbranched alkanes of at least 4 members (excludes halogenated alkanes) is 8. The van der Waals surface area contributed by atoms with Crippen molar-refractivity contribution in [1.29, 1.82) is 0 Å². The summed E-state index contributed by atoms with van der Waals surface area (Å²) in [7, 11) is 0. The van der Waals surface area contributed by atoms with E-state index in [0.717, 1.165) is 56.4 Å². The highest BCUT2D eigenvalue weighted by molar-refractivity contribution is 5.88. The summed E-state index contributed by atoms with van der Waals surface area (Å²) in [5.74, 6) is -0.541. The Hall–Kier alpha value is -1.85. The SMILES string of the molecule is C=CC(=O)OC1(C(=O)OCCCCCCCC(C)C)CCCC(C(=O)OCCCCCCCC(C)C)C1. The standard InChI is InChI=1S/C31H54O6/c1-6-28(32)37-31(30(34)36-23-16-12-8-10-14-19-26(4)5)21-17-20-27(24-31)29(33)35-22-15-11-7-9-13-18-25(2)3/h6,25-27H,1,7-24H2,2-5H3. The average Bonchev–Trinajstić information content (AvgIpc) is 2.86. The fraction of sp³-hybridized carbons (Fsp3) is 0.839. The van der Waals surface area contributed by atoms with Gasteiger partial charge in [-0.15, -0.1) is 0 Å². The summed E-state index contributed by atoms with van der Waals surface area (Å²) in [5.41, 5.74) is -1.44. The van der Waals surface area contributed by atoms with Gasteiger partial charge in [-0.1, -0.05) is 98.5 Å². The third kappa shape index (κ3) is 14.6. The predicted molar refractivity (Wildman–Crippen MR) is 148 cm³/mol. The molecule has 1 saturated carbocycles. The average molecular weight is 523 g/mol. The van der Waals surface area contributed by atoms with Crippen LogP contribution in [0.2, 0.25) is 0 Å². The molecule has 0 spiro atoms. The van der Waals surface area contributed by atoms with Gasteiger partial charge < -0.3 is 14.2 Å². The number of ether oxygens (including phenoxy) is 3. The molecule has 2 unspecified atom stereocenters. The molecule has 0 saturated heterocycles. The van der Waals surface area contributed by atoms with Crippen LogP contribution < -0.4 is 0 Å². The summed E-state index contributed by atoms with van der Waals surface area (Å²) in [6.45, 7) is 13.1. The third-order valence-electron chi connectivity index (χ3n) is 7.21. The van der Waals surface area contributed by atoms with E-state index in [1.807, 2.05) is 0 Å². The maximum atomic E-state index is 13.1. The molecule has 37 heavy (non-hydrogen) atoms. The topological polar surface area (TPSA) is 78.9 Å². The lowest BCUT2D eigenvalue weighted by molar-refractivity contribution is -0.188. The van der Waals surface area contributed by atoms with Crippen LogP contribution in [0.3, 0.4) is 0 Å². The normalized spacial score (nSPS) is 19.6. The highest BCUT2D eigenvalue weighted by atomic mass is 16.6. The highest BCUT2D eigenvalue weighted by Gasteiger charge is 2.49. The van der Waals surface area contributed by atoms with Crippen LogP contribution in [0.5, 0.6) is 0 Å². The molecule has 0 bridgehead atoms. The Balaban J connectivity index is 2.47. The van der Waals surface area contributed by atoms with Crippen LogP contribution in [0, 0.1) is 17.8 Å². The third-order valence-corrected chi connectivity index (χ3v) is 7.21. The van der Waals surface area contributed by atoms with Crippen LogP contribution >= 0.6 is 0 Å². The first-order valence-electron chi connectivity index (χ1n) is 14.9. The summed E-state index contributed by atoms with van der Waals surface area (Å²) in [6.07, 6.45) is 16.0. The Bertz CT molecular complexity index is 671. The monoisotopic (exact) mass is 522 g/mol. The molecule has 2 atom stereocenters. The molecule has 1 rings (SSSR count). The first-order chi connectivity index (χ1) is 17.7. The molecule has 0 aromatic heterocycles. The molecule has 0 N–H and O–H groups in total. The second kappa shape index (κ2) is 19.3. The van der Waals surface area contributed by atoms with E-state index in [9.17, 15) is 14.4 Å². The number of carbonyl (C=O) groups is 3. The van der Waals surface area contributed by atoms with E-state index in [1.165, 1.54) is 38.5 Å². The van der Waals surface area contributed by atoms with Gasteiger partial charge >= 0.3 is 17.9 Å². The van der Waals surface area contributed by atoms with Crippen LogP contribution in [-0.4, -0.2) is 36.7 Å². The van der Waals surface area contributed by atoms with E-state index < -0.39 is 23.5 Å². The minimum absolute atomic E-state index is 0.106. The molecular weight excluding hydrogens is 468 g/mol. The Kier molecular flexibility index (Phi) is 17.3. The molecular formula is C31H54O6. The Morgan fingerprint density at radius 3 is 1.86 bits per heavy atom. The van der Waals surface area contributed by atoms with E-state index in [4.69, 9.17) is 14.2 Å². The Labute approximate surface area is 226 Å². The first kappa shape index (κ1) is 33.2. The number of rotatable bonds is 20. The van der Waals surface area contributed by atoms with Crippen LogP contribution in [-0.2, 0) is 28.6 Å². The van der Waals surface area contributed by atoms with Crippen LogP contribution in [0.25, 0.3) is 0 Å². The number of esters is 3. The summed E-state index contributed by atoms with van der Waals surface area (Å²) >= 11 is 0. The molecule has 0 amide bonds. The van der Waals surface area contributed by atoms with Gasteiger partial charge in [0.15, 0.2) is 0 Å². The quantitative estimate of drug-likeness (QED) is 0.0704. The molecule has 214 valence electrons. The molecule has 0 radical (unpaired) electrons. The van der Waals surface area contributed by atoms with Gasteiger partial charge in [0.25, 0.3) is 0 Å². The zero-order valence-electron chi connectivity index (χ0n) is 24.2. The minimum atomic E-state index is -1.44. The fourth-order valence-corrected chi connectivity index (χ4v) is 4.95. The van der Waals surface area contributed by atoms with Gasteiger partial charge in [-0.05, 0) is 43.9 Å². The van der Waals surface area contributed by atoms with Crippen LogP contribution in [0.1, 0.15) is 130 Å². The zero-order chi connectivity index (χ0) is 27.5. The summed E-state index contributed by atoms with van der Waals surface area (Å²) in [4.78, 5) is 37.9. The van der Waals surface area contributed by atoms with Crippen LogP contribution in [0.15, 0.2) is 12.7 Å². The van der Waals surface area contributed by atoms with Gasteiger partial charge in [0, 0.05) is 12.5 Å². The molecule has 0 aromatic carbocycles. The van der Waals surface area contributed by atoms with Crippen molar-refractivity contribution in [3.63, 3.8) is 0 Å². The summed E-state index contributed by atoms with van der Waals surface area (Å²) in [6, 6.07) is 0. The largest absolute Gasteiger partial charge is 0.465 e. The molecule has 0 heterocycles. The number of hydrogen-bond acceptors (Lipinski definition) is 6. The van der Waals surface area contributed by atoms with E-state index in [2.05, 4.69) is 34.3 Å². The Morgan fingerprint density at radius 2 is 1.32 bits per heavy atom. The minimum Gasteiger partial charge on any atom is -0.465 e. The lowest BCUT2D eigenvalue weighted by atomic mass is 9.77. The second-order valence-corrected chi connectivity index (χ2v) is 11.6. The van der Waals surface area contributed by atoms with E-state index in [0.29, 0.717) is 32.5 Å². The molecule has 0 aliphatic heterocycles. The Morgan fingerprint density at radius 1 is 0.811 bits per heavy atom. The van der Waals surface area contributed by atoms with Crippen molar-refractivity contribution >= 4 is 17.9 Å². The summed E-state index contributed by atoms with van der Waals surface area (Å²) < 4.78 is 16.7. The van der Waals surface area contributed by atoms with Crippen molar-refractivity contribution in [2.24, 2.45) is 17.8 Å². The van der Waals surface area contributed by atoms with Crippen molar-refractivity contribution in [3.8, 4) is 0 Å². The lowest BCUT2D eigenvalue weighted by Gasteiger charge is -2.37. The fourth-order valence-electron chi connectivity index (χ4n) is 4.95. The number of hydrogen-bond donors (Lipinski definition) is 0. The molecule has 6 heteroatoms. The van der Waals surface area contributed by atoms with Gasteiger partial charge in [0.05, 0.1) is 19.1 Å². The maximum Gasteiger partial charge on any atom is 0.350 e. The van der Waals surface area contributed by atoms with Crippen molar-refractivity contribution in [2.75, 3.05) is 13.2 Å². The van der Waals surface area contributed by atoms with E-state index in [1.54, 1.807) is 0 Å². The smallest absolute Gasteiger partial charge is 0.350 e. The van der Waals surface area contributed by atoms with E-state index in [-0.39, 0.29) is 12.4 Å². The van der Waals surface area contributed by atoms with Gasteiger partial charge in [0.2, 0.25) is 5.60 Å². The van der Waals surface area contributed by atoms with Gasteiger partial charge in [-0.3, -0.25) is 4.79 Å². The molecule has 1 fully saturated rings. The molecule has 1 aliphatic carbocycles.